The molecule has 0 bridgehead atoms. The number of fused-ring (bicyclic) bond motifs is 2. The topological polar surface area (TPSA) is 61.7 Å². The van der Waals surface area contributed by atoms with Crippen LogP contribution < -0.4 is 9.80 Å². The van der Waals surface area contributed by atoms with Gasteiger partial charge in [-0.25, -0.2) is 4.98 Å². The highest BCUT2D eigenvalue weighted by Gasteiger charge is 2.30. The first-order valence-corrected chi connectivity index (χ1v) is 14.8. The molecule has 0 aliphatic carbocycles. The minimum atomic E-state index is -0.0584. The van der Waals surface area contributed by atoms with Gasteiger partial charge in [-0.15, -0.1) is 0 Å². The van der Waals surface area contributed by atoms with Crippen molar-refractivity contribution in [1.82, 2.24) is 14.5 Å². The zero-order valence-electron chi connectivity index (χ0n) is 24.2. The molecule has 0 unspecified atom stereocenters. The van der Waals surface area contributed by atoms with Crippen molar-refractivity contribution in [3.63, 3.8) is 0 Å². The smallest absolute Gasteiger partial charge is 0.270 e. The highest BCUT2D eigenvalue weighted by atomic mass is 16.2. The monoisotopic (exact) mass is 567 g/mol. The molecule has 1 saturated heterocycles. The number of piperazine rings is 1. The SMILES string of the molecule is Cc1ccccc1-c1ccc(C(=O)N2Cc3ccc(C(=O)N4CCN(c5ccccn5)CC4)n3Cc3ccccc32)cc1. The number of aromatic nitrogens is 2. The summed E-state index contributed by atoms with van der Waals surface area (Å²) in [6.45, 7) is 5.76. The van der Waals surface area contributed by atoms with Gasteiger partial charge in [-0.1, -0.05) is 60.7 Å². The van der Waals surface area contributed by atoms with Crippen LogP contribution in [0.2, 0.25) is 0 Å². The predicted molar refractivity (Wildman–Crippen MR) is 169 cm³/mol. The Morgan fingerprint density at radius 2 is 1.44 bits per heavy atom. The lowest BCUT2D eigenvalue weighted by Gasteiger charge is -2.35. The summed E-state index contributed by atoms with van der Waals surface area (Å²) in [5.41, 5.74) is 7.57. The number of benzene rings is 3. The van der Waals surface area contributed by atoms with Gasteiger partial charge in [0.25, 0.3) is 11.8 Å². The van der Waals surface area contributed by atoms with Crippen molar-refractivity contribution in [2.45, 2.75) is 20.0 Å². The molecule has 0 radical (unpaired) electrons. The van der Waals surface area contributed by atoms with E-state index in [4.69, 9.17) is 0 Å². The van der Waals surface area contributed by atoms with E-state index in [9.17, 15) is 9.59 Å². The van der Waals surface area contributed by atoms with E-state index in [2.05, 4.69) is 33.5 Å². The lowest BCUT2D eigenvalue weighted by Crippen LogP contribution is -2.49. The number of hydrogen-bond acceptors (Lipinski definition) is 4. The number of hydrogen-bond donors (Lipinski definition) is 0. The summed E-state index contributed by atoms with van der Waals surface area (Å²) in [5, 5.41) is 0. The van der Waals surface area contributed by atoms with Crippen molar-refractivity contribution >= 4 is 23.3 Å². The second-order valence-corrected chi connectivity index (χ2v) is 11.2. The van der Waals surface area contributed by atoms with E-state index >= 15 is 0 Å². The van der Waals surface area contributed by atoms with E-state index in [1.54, 1.807) is 6.20 Å². The normalized spacial score (nSPS) is 14.6. The van der Waals surface area contributed by atoms with Crippen molar-refractivity contribution < 1.29 is 9.59 Å². The van der Waals surface area contributed by atoms with Crippen LogP contribution in [0.1, 0.15) is 37.7 Å². The van der Waals surface area contributed by atoms with Gasteiger partial charge in [-0.3, -0.25) is 9.59 Å². The molecular weight excluding hydrogens is 534 g/mol. The second-order valence-electron chi connectivity index (χ2n) is 11.2. The molecule has 1 fully saturated rings. The van der Waals surface area contributed by atoms with Crippen LogP contribution in [0, 0.1) is 6.92 Å². The number of pyridine rings is 1. The Hall–Kier alpha value is -5.17. The van der Waals surface area contributed by atoms with E-state index in [-0.39, 0.29) is 11.8 Å². The second kappa shape index (κ2) is 11.2. The number of carbonyl (C=O) groups excluding carboxylic acids is 2. The average molecular weight is 568 g/mol. The summed E-state index contributed by atoms with van der Waals surface area (Å²) >= 11 is 0. The van der Waals surface area contributed by atoms with Crippen LogP contribution >= 0.6 is 0 Å². The number of carbonyl (C=O) groups is 2. The Morgan fingerprint density at radius 1 is 0.698 bits per heavy atom. The largest absolute Gasteiger partial charge is 0.353 e. The first kappa shape index (κ1) is 26.7. The summed E-state index contributed by atoms with van der Waals surface area (Å²) in [6.07, 6.45) is 1.80. The van der Waals surface area contributed by atoms with Gasteiger partial charge in [0.15, 0.2) is 0 Å². The fourth-order valence-corrected chi connectivity index (χ4v) is 6.21. The zero-order chi connectivity index (χ0) is 29.3. The minimum absolute atomic E-state index is 0.0240. The Kier molecular flexibility index (Phi) is 6.99. The molecule has 7 rings (SSSR count). The third-order valence-corrected chi connectivity index (χ3v) is 8.59. The van der Waals surface area contributed by atoms with Crippen LogP contribution in [0.4, 0.5) is 11.5 Å². The Labute approximate surface area is 251 Å². The summed E-state index contributed by atoms with van der Waals surface area (Å²) in [7, 11) is 0. The number of aryl methyl sites for hydroxylation is 1. The Bertz CT molecular complexity index is 1790. The Morgan fingerprint density at radius 3 is 2.21 bits per heavy atom. The number of rotatable bonds is 4. The molecule has 0 spiro atoms. The first-order valence-electron chi connectivity index (χ1n) is 14.8. The van der Waals surface area contributed by atoms with Crippen molar-refractivity contribution in [3.8, 4) is 11.1 Å². The van der Waals surface area contributed by atoms with Crippen molar-refractivity contribution in [2.75, 3.05) is 36.0 Å². The van der Waals surface area contributed by atoms with Gasteiger partial charge in [-0.05, 0) is 71.6 Å². The predicted octanol–water partition coefficient (Wildman–Crippen LogP) is 6.03. The summed E-state index contributed by atoms with van der Waals surface area (Å²) in [4.78, 5) is 38.3. The molecule has 214 valence electrons. The molecule has 2 aliphatic heterocycles. The molecule has 0 atom stereocenters. The van der Waals surface area contributed by atoms with Crippen molar-refractivity contribution in [2.24, 2.45) is 0 Å². The molecule has 2 aromatic heterocycles. The maximum absolute atomic E-state index is 14.0. The van der Waals surface area contributed by atoms with Crippen LogP contribution in [0.25, 0.3) is 11.1 Å². The van der Waals surface area contributed by atoms with Crippen LogP contribution in [0.3, 0.4) is 0 Å². The first-order chi connectivity index (χ1) is 21.1. The van der Waals surface area contributed by atoms with Gasteiger partial charge < -0.3 is 19.3 Å². The van der Waals surface area contributed by atoms with Gasteiger partial charge >= 0.3 is 0 Å². The van der Waals surface area contributed by atoms with E-state index in [0.29, 0.717) is 37.4 Å². The highest BCUT2D eigenvalue weighted by Crippen LogP contribution is 2.31. The van der Waals surface area contributed by atoms with Gasteiger partial charge in [-0.2, -0.15) is 0 Å². The number of nitrogens with zero attached hydrogens (tertiary/aromatic N) is 5. The molecule has 2 aliphatic rings. The fourth-order valence-electron chi connectivity index (χ4n) is 6.21. The van der Waals surface area contributed by atoms with Gasteiger partial charge in [0.2, 0.25) is 0 Å². The molecule has 4 heterocycles. The van der Waals surface area contributed by atoms with Gasteiger partial charge in [0.1, 0.15) is 11.5 Å². The Balaban J connectivity index is 1.13. The minimum Gasteiger partial charge on any atom is -0.353 e. The molecule has 0 N–H and O–H groups in total. The van der Waals surface area contributed by atoms with Crippen LogP contribution in [0.15, 0.2) is 109 Å². The van der Waals surface area contributed by atoms with E-state index in [1.165, 1.54) is 5.56 Å². The van der Waals surface area contributed by atoms with Gasteiger partial charge in [0, 0.05) is 49.3 Å². The molecule has 5 aromatic rings. The van der Waals surface area contributed by atoms with E-state index < -0.39 is 0 Å². The fraction of sp³-hybridized carbons (Fsp3) is 0.194. The molecule has 7 heteroatoms. The van der Waals surface area contributed by atoms with Crippen LogP contribution in [-0.2, 0) is 13.1 Å². The maximum atomic E-state index is 14.0. The molecule has 43 heavy (non-hydrogen) atoms. The maximum Gasteiger partial charge on any atom is 0.270 e. The lowest BCUT2D eigenvalue weighted by molar-refractivity contribution is 0.0735. The summed E-state index contributed by atoms with van der Waals surface area (Å²) < 4.78 is 2.08. The molecule has 3 aromatic carbocycles. The lowest BCUT2D eigenvalue weighted by atomic mass is 9.99. The number of para-hydroxylation sites is 1. The molecule has 7 nitrogen and oxygen atoms in total. The van der Waals surface area contributed by atoms with Gasteiger partial charge in [0.05, 0.1) is 13.1 Å². The zero-order valence-corrected chi connectivity index (χ0v) is 24.2. The van der Waals surface area contributed by atoms with E-state index in [1.807, 2.05) is 101 Å². The average Bonchev–Trinajstić information content (AvgIpc) is 3.37. The number of anilines is 2. The summed E-state index contributed by atoms with van der Waals surface area (Å²) in [5.74, 6) is 0.908. The van der Waals surface area contributed by atoms with Crippen molar-refractivity contribution in [1.29, 1.82) is 0 Å². The van der Waals surface area contributed by atoms with E-state index in [0.717, 1.165) is 47.0 Å². The quantitative estimate of drug-likeness (QED) is 0.266. The van der Waals surface area contributed by atoms with Crippen LogP contribution in [-0.4, -0.2) is 52.4 Å². The molecule has 2 amide bonds. The van der Waals surface area contributed by atoms with Crippen LogP contribution in [0.5, 0.6) is 0 Å². The molecular formula is C36H33N5O2. The standard InChI is InChI=1S/C36H33N5O2/c1-26-8-2-4-10-31(26)27-13-15-28(16-14-27)35(42)41-25-30-17-18-33(40(30)24-29-9-3-5-11-32(29)41)36(43)39-22-20-38(21-23-39)34-12-6-7-19-37-34/h2-19H,20-25H2,1H3. The third-order valence-electron chi connectivity index (χ3n) is 8.59. The van der Waals surface area contributed by atoms with Crippen molar-refractivity contribution in [3.05, 3.63) is 137 Å². The summed E-state index contributed by atoms with van der Waals surface area (Å²) in [6, 6.07) is 33.9. The third kappa shape index (κ3) is 5.07. The molecule has 0 saturated carbocycles. The highest BCUT2D eigenvalue weighted by molar-refractivity contribution is 6.07. The number of amides is 2.